The molecule has 2 aromatic carbocycles. The first-order valence-corrected chi connectivity index (χ1v) is 8.37. The Morgan fingerprint density at radius 2 is 1.70 bits per heavy atom. The molecular formula is C21H19NO5. The van der Waals surface area contributed by atoms with E-state index in [-0.39, 0.29) is 12.5 Å². The summed E-state index contributed by atoms with van der Waals surface area (Å²) in [4.78, 5) is 23.6. The normalized spacial score (nSPS) is 11.6. The van der Waals surface area contributed by atoms with Gasteiger partial charge in [-0.2, -0.15) is 0 Å². The average Bonchev–Trinajstić information content (AvgIpc) is 3.26. The van der Waals surface area contributed by atoms with Crippen molar-refractivity contribution >= 4 is 11.9 Å². The average molecular weight is 365 g/mol. The Hall–Kier alpha value is -3.38. The van der Waals surface area contributed by atoms with Crippen molar-refractivity contribution in [1.82, 2.24) is 5.32 Å². The lowest BCUT2D eigenvalue weighted by Crippen LogP contribution is -2.28. The maximum atomic E-state index is 12.2. The van der Waals surface area contributed by atoms with Crippen LogP contribution in [0.1, 0.15) is 32.4 Å². The molecule has 0 spiro atoms. The fourth-order valence-corrected chi connectivity index (χ4v) is 2.60. The lowest BCUT2D eigenvalue weighted by molar-refractivity contribution is 0.0600. The van der Waals surface area contributed by atoms with E-state index in [1.165, 1.54) is 31.4 Å². The van der Waals surface area contributed by atoms with Gasteiger partial charge in [0.2, 0.25) is 0 Å². The van der Waals surface area contributed by atoms with Crippen LogP contribution in [0, 0.1) is 0 Å². The van der Waals surface area contributed by atoms with E-state index in [4.69, 9.17) is 4.42 Å². The number of nitrogens with one attached hydrogen (secondary N) is 1. The Balaban J connectivity index is 1.57. The van der Waals surface area contributed by atoms with Crippen molar-refractivity contribution in [1.29, 1.82) is 0 Å². The predicted octanol–water partition coefficient (Wildman–Crippen LogP) is 3.20. The summed E-state index contributed by atoms with van der Waals surface area (Å²) in [6.07, 6.45) is 0.764. The molecule has 6 heteroatoms. The molecule has 0 aliphatic rings. The van der Waals surface area contributed by atoms with Crippen LogP contribution < -0.4 is 5.32 Å². The third kappa shape index (κ3) is 4.43. The topological polar surface area (TPSA) is 88.8 Å². The molecule has 1 heterocycles. The molecular weight excluding hydrogens is 346 g/mol. The molecule has 1 aromatic heterocycles. The Morgan fingerprint density at radius 3 is 2.30 bits per heavy atom. The molecule has 1 amide bonds. The highest BCUT2D eigenvalue weighted by Gasteiger charge is 2.12. The fraction of sp³-hybridized carbons (Fsp3) is 0.143. The van der Waals surface area contributed by atoms with Crippen molar-refractivity contribution in [3.8, 4) is 11.3 Å². The van der Waals surface area contributed by atoms with Crippen molar-refractivity contribution in [3.63, 3.8) is 0 Å². The Morgan fingerprint density at radius 1 is 1.04 bits per heavy atom. The minimum absolute atomic E-state index is 0.0671. The van der Waals surface area contributed by atoms with Crippen LogP contribution in [0.25, 0.3) is 11.3 Å². The molecule has 6 nitrogen and oxygen atoms in total. The smallest absolute Gasteiger partial charge is 0.337 e. The zero-order valence-corrected chi connectivity index (χ0v) is 14.7. The second kappa shape index (κ2) is 8.33. The molecule has 0 unspecified atom stereocenters. The van der Waals surface area contributed by atoms with Gasteiger partial charge in [0.1, 0.15) is 5.76 Å². The van der Waals surface area contributed by atoms with E-state index < -0.39 is 12.1 Å². The van der Waals surface area contributed by atoms with E-state index in [1.807, 2.05) is 24.3 Å². The van der Waals surface area contributed by atoms with Crippen LogP contribution in [0.4, 0.5) is 0 Å². The highest BCUT2D eigenvalue weighted by Crippen LogP contribution is 2.22. The minimum atomic E-state index is -0.839. The van der Waals surface area contributed by atoms with Gasteiger partial charge in [-0.05, 0) is 42.0 Å². The first kappa shape index (κ1) is 18.4. The number of benzene rings is 2. The molecule has 0 aliphatic carbocycles. The summed E-state index contributed by atoms with van der Waals surface area (Å²) in [5, 5.41) is 13.0. The molecule has 0 aliphatic heterocycles. The van der Waals surface area contributed by atoms with Crippen LogP contribution >= 0.6 is 0 Å². The molecule has 3 rings (SSSR count). The molecule has 138 valence electrons. The number of ether oxygens (including phenoxy) is 1. The highest BCUT2D eigenvalue weighted by molar-refractivity contribution is 5.96. The van der Waals surface area contributed by atoms with E-state index in [1.54, 1.807) is 18.4 Å². The molecule has 0 radical (unpaired) electrons. The van der Waals surface area contributed by atoms with Gasteiger partial charge in [0, 0.05) is 17.7 Å². The number of rotatable bonds is 6. The molecule has 0 saturated heterocycles. The van der Waals surface area contributed by atoms with Crippen molar-refractivity contribution < 1.29 is 23.8 Å². The summed E-state index contributed by atoms with van der Waals surface area (Å²) in [5.41, 5.74) is 2.35. The van der Waals surface area contributed by atoms with Crippen LogP contribution in [0.5, 0.6) is 0 Å². The van der Waals surface area contributed by atoms with Crippen LogP contribution in [-0.4, -0.2) is 30.6 Å². The number of aliphatic hydroxyl groups excluding tert-OH is 1. The number of esters is 1. The molecule has 0 saturated carbocycles. The number of furan rings is 1. The summed E-state index contributed by atoms with van der Waals surface area (Å²) in [6, 6.07) is 17.1. The van der Waals surface area contributed by atoms with Gasteiger partial charge in [0.15, 0.2) is 0 Å². The lowest BCUT2D eigenvalue weighted by Gasteiger charge is -2.13. The van der Waals surface area contributed by atoms with Gasteiger partial charge in [-0.1, -0.05) is 24.3 Å². The largest absolute Gasteiger partial charge is 0.465 e. The molecule has 27 heavy (non-hydrogen) atoms. The molecule has 2 N–H and O–H groups in total. The van der Waals surface area contributed by atoms with Crippen LogP contribution in [-0.2, 0) is 4.74 Å². The highest BCUT2D eigenvalue weighted by atomic mass is 16.5. The van der Waals surface area contributed by atoms with E-state index in [9.17, 15) is 14.7 Å². The van der Waals surface area contributed by atoms with E-state index in [0.29, 0.717) is 16.7 Å². The van der Waals surface area contributed by atoms with Gasteiger partial charge in [-0.25, -0.2) is 4.79 Å². The Bertz CT molecular complexity index is 899. The SMILES string of the molecule is COC(=O)c1ccc(C(=O)NC[C@@H](O)c2ccc(-c3ccco3)cc2)cc1. The van der Waals surface area contributed by atoms with Gasteiger partial charge in [0.05, 0.1) is 25.0 Å². The summed E-state index contributed by atoms with van der Waals surface area (Å²) in [7, 11) is 1.30. The number of carbonyl (C=O) groups excluding carboxylic acids is 2. The maximum Gasteiger partial charge on any atom is 0.337 e. The number of hydrogen-bond acceptors (Lipinski definition) is 5. The number of carbonyl (C=O) groups is 2. The van der Waals surface area contributed by atoms with Crippen LogP contribution in [0.3, 0.4) is 0 Å². The Kier molecular flexibility index (Phi) is 5.68. The standard InChI is InChI=1S/C21H19NO5/c1-26-21(25)17-10-8-16(9-11-17)20(24)22-13-18(23)14-4-6-15(7-5-14)19-3-2-12-27-19/h2-12,18,23H,13H2,1H3,(H,22,24)/t18-/m1/s1. The van der Waals surface area contributed by atoms with Gasteiger partial charge in [-0.15, -0.1) is 0 Å². The molecule has 3 aromatic rings. The maximum absolute atomic E-state index is 12.2. The zero-order chi connectivity index (χ0) is 19.2. The quantitative estimate of drug-likeness (QED) is 0.655. The third-order valence-corrected chi connectivity index (χ3v) is 4.13. The first-order valence-electron chi connectivity index (χ1n) is 8.37. The summed E-state index contributed by atoms with van der Waals surface area (Å²) >= 11 is 0. The molecule has 0 bridgehead atoms. The number of hydrogen-bond donors (Lipinski definition) is 2. The Labute approximate surface area is 156 Å². The lowest BCUT2D eigenvalue weighted by atomic mass is 10.1. The monoisotopic (exact) mass is 365 g/mol. The summed E-state index contributed by atoms with van der Waals surface area (Å²) < 4.78 is 9.95. The van der Waals surface area contributed by atoms with Gasteiger partial charge in [-0.3, -0.25) is 4.79 Å². The van der Waals surface area contributed by atoms with Gasteiger partial charge >= 0.3 is 5.97 Å². The minimum Gasteiger partial charge on any atom is -0.465 e. The van der Waals surface area contributed by atoms with Crippen LogP contribution in [0.2, 0.25) is 0 Å². The second-order valence-electron chi connectivity index (χ2n) is 5.89. The zero-order valence-electron chi connectivity index (χ0n) is 14.7. The first-order chi connectivity index (χ1) is 13.1. The molecule has 0 fully saturated rings. The van der Waals surface area contributed by atoms with Gasteiger partial charge in [0.25, 0.3) is 5.91 Å². The number of methoxy groups -OCH3 is 1. The van der Waals surface area contributed by atoms with E-state index in [2.05, 4.69) is 10.1 Å². The second-order valence-corrected chi connectivity index (χ2v) is 5.89. The van der Waals surface area contributed by atoms with E-state index >= 15 is 0 Å². The molecule has 1 atom stereocenters. The van der Waals surface area contributed by atoms with Crippen molar-refractivity contribution in [2.24, 2.45) is 0 Å². The van der Waals surface area contributed by atoms with Crippen molar-refractivity contribution in [2.45, 2.75) is 6.10 Å². The van der Waals surface area contributed by atoms with Crippen LogP contribution in [0.15, 0.2) is 71.3 Å². The van der Waals surface area contributed by atoms with E-state index in [0.717, 1.165) is 11.3 Å². The van der Waals surface area contributed by atoms with Crippen molar-refractivity contribution in [3.05, 3.63) is 83.6 Å². The fourth-order valence-electron chi connectivity index (χ4n) is 2.60. The van der Waals surface area contributed by atoms with Crippen molar-refractivity contribution in [2.75, 3.05) is 13.7 Å². The summed E-state index contributed by atoms with van der Waals surface area (Å²) in [6.45, 7) is 0.0671. The van der Waals surface area contributed by atoms with Gasteiger partial charge < -0.3 is 19.6 Å². The number of aliphatic hydroxyl groups is 1. The predicted molar refractivity (Wildman–Crippen MR) is 99.2 cm³/mol. The summed E-state index contributed by atoms with van der Waals surface area (Å²) in [5.74, 6) is -0.0483. The third-order valence-electron chi connectivity index (χ3n) is 4.13. The number of amides is 1.